The molecule has 1 aliphatic heterocycles. The number of rotatable bonds is 3. The highest BCUT2D eigenvalue weighted by Gasteiger charge is 2.58. The van der Waals surface area contributed by atoms with E-state index in [-0.39, 0.29) is 12.0 Å². The first kappa shape index (κ1) is 14.4. The number of carbonyl (C=O) groups is 2. The number of carbonyl (C=O) groups excluding carboxylic acids is 2. The van der Waals surface area contributed by atoms with Gasteiger partial charge in [0.15, 0.2) is 0 Å². The first-order valence-corrected chi connectivity index (χ1v) is 7.18. The Bertz CT molecular complexity index is 366. The number of hydrogen-bond acceptors (Lipinski definition) is 3. The van der Waals surface area contributed by atoms with Gasteiger partial charge in [-0.25, -0.2) is 4.79 Å². The first-order chi connectivity index (χ1) is 8.74. The molecule has 108 valence electrons. The summed E-state index contributed by atoms with van der Waals surface area (Å²) in [6.45, 7) is 11.5. The zero-order valence-electron chi connectivity index (χ0n) is 12.6. The zero-order valence-corrected chi connectivity index (χ0v) is 12.6. The molecule has 2 rings (SSSR count). The maximum absolute atomic E-state index is 11.8. The lowest BCUT2D eigenvalue weighted by atomic mass is 9.91. The molecule has 4 nitrogen and oxygen atoms in total. The molecule has 0 spiro atoms. The van der Waals surface area contributed by atoms with Gasteiger partial charge in [-0.15, -0.1) is 0 Å². The molecule has 2 fully saturated rings. The molecule has 1 saturated carbocycles. The van der Waals surface area contributed by atoms with Gasteiger partial charge in [0.25, 0.3) is 0 Å². The molecule has 1 amide bonds. The molecule has 4 heteroatoms. The van der Waals surface area contributed by atoms with Gasteiger partial charge in [-0.05, 0) is 44.4 Å². The topological polar surface area (TPSA) is 46.6 Å². The van der Waals surface area contributed by atoms with Crippen molar-refractivity contribution in [2.24, 2.45) is 29.6 Å². The third-order valence-electron chi connectivity index (χ3n) is 4.23. The SMILES string of the molecule is CC(C)[C@@H]1[C@H](C=O)[C@H]1C1CN(C(=O)OC(C)(C)C)C1. The van der Waals surface area contributed by atoms with Gasteiger partial charge < -0.3 is 14.4 Å². The lowest BCUT2D eigenvalue weighted by Crippen LogP contribution is -2.52. The molecule has 0 unspecified atom stereocenters. The Morgan fingerprint density at radius 2 is 1.89 bits per heavy atom. The van der Waals surface area contributed by atoms with Crippen LogP contribution in [0.4, 0.5) is 4.79 Å². The molecule has 1 aliphatic carbocycles. The summed E-state index contributed by atoms with van der Waals surface area (Å²) in [5, 5.41) is 0. The van der Waals surface area contributed by atoms with Gasteiger partial charge in [0.1, 0.15) is 11.9 Å². The van der Waals surface area contributed by atoms with Gasteiger partial charge >= 0.3 is 6.09 Å². The maximum atomic E-state index is 11.8. The molecular weight excluding hydrogens is 242 g/mol. The minimum Gasteiger partial charge on any atom is -0.444 e. The van der Waals surface area contributed by atoms with E-state index in [0.717, 1.165) is 19.4 Å². The fourth-order valence-electron chi connectivity index (χ4n) is 3.32. The molecule has 0 aromatic carbocycles. The quantitative estimate of drug-likeness (QED) is 0.738. The van der Waals surface area contributed by atoms with Crippen molar-refractivity contribution in [3.8, 4) is 0 Å². The standard InChI is InChI=1S/C15H25NO3/c1-9(2)12-11(8-17)13(12)10-6-16(7-10)14(18)19-15(3,4)5/h8-13H,6-7H2,1-5H3/t11-,12+,13+/m0/s1. The summed E-state index contributed by atoms with van der Waals surface area (Å²) in [4.78, 5) is 24.6. The number of ether oxygens (including phenoxy) is 1. The fourth-order valence-corrected chi connectivity index (χ4v) is 3.32. The highest BCUT2D eigenvalue weighted by molar-refractivity contribution is 5.69. The van der Waals surface area contributed by atoms with E-state index in [1.54, 1.807) is 4.90 Å². The molecule has 0 N–H and O–H groups in total. The minimum absolute atomic E-state index is 0.214. The van der Waals surface area contributed by atoms with E-state index in [1.165, 1.54) is 0 Å². The largest absolute Gasteiger partial charge is 0.444 e. The monoisotopic (exact) mass is 267 g/mol. The van der Waals surface area contributed by atoms with E-state index in [4.69, 9.17) is 4.74 Å². The second kappa shape index (κ2) is 4.80. The Morgan fingerprint density at radius 3 is 2.26 bits per heavy atom. The molecule has 0 aromatic rings. The van der Waals surface area contributed by atoms with Crippen molar-refractivity contribution in [2.75, 3.05) is 13.1 Å². The summed E-state index contributed by atoms with van der Waals surface area (Å²) in [5.41, 5.74) is -0.437. The molecule has 2 aliphatic rings. The summed E-state index contributed by atoms with van der Waals surface area (Å²) >= 11 is 0. The third-order valence-corrected chi connectivity index (χ3v) is 4.23. The number of aldehydes is 1. The van der Waals surface area contributed by atoms with Gasteiger partial charge in [0.05, 0.1) is 0 Å². The Hall–Kier alpha value is -1.06. The van der Waals surface area contributed by atoms with E-state index in [1.807, 2.05) is 20.8 Å². The molecule has 1 heterocycles. The number of amides is 1. The van der Waals surface area contributed by atoms with Crippen LogP contribution in [0, 0.1) is 29.6 Å². The second-order valence-electron chi connectivity index (χ2n) is 7.26. The van der Waals surface area contributed by atoms with E-state index in [0.29, 0.717) is 23.7 Å². The van der Waals surface area contributed by atoms with Crippen LogP contribution in [0.25, 0.3) is 0 Å². The highest BCUT2D eigenvalue weighted by atomic mass is 16.6. The van der Waals surface area contributed by atoms with Crippen LogP contribution in [0.15, 0.2) is 0 Å². The van der Waals surface area contributed by atoms with Crippen molar-refractivity contribution in [3.05, 3.63) is 0 Å². The summed E-state index contributed by atoms with van der Waals surface area (Å²) in [5.74, 6) is 2.25. The van der Waals surface area contributed by atoms with Crippen LogP contribution in [-0.2, 0) is 9.53 Å². The summed E-state index contributed by atoms with van der Waals surface area (Å²) in [7, 11) is 0. The summed E-state index contributed by atoms with van der Waals surface area (Å²) in [6.07, 6.45) is 0.874. The molecular formula is C15H25NO3. The Labute approximate surface area is 115 Å². The lowest BCUT2D eigenvalue weighted by molar-refractivity contribution is -0.109. The Balaban J connectivity index is 1.81. The predicted octanol–water partition coefficient (Wildman–Crippen LogP) is 2.57. The van der Waals surface area contributed by atoms with Gasteiger partial charge in [-0.1, -0.05) is 13.8 Å². The number of hydrogen-bond donors (Lipinski definition) is 0. The van der Waals surface area contributed by atoms with Crippen molar-refractivity contribution in [2.45, 2.75) is 40.2 Å². The van der Waals surface area contributed by atoms with Crippen molar-refractivity contribution < 1.29 is 14.3 Å². The van der Waals surface area contributed by atoms with Crippen LogP contribution in [0.2, 0.25) is 0 Å². The number of nitrogens with zero attached hydrogens (tertiary/aromatic N) is 1. The van der Waals surface area contributed by atoms with Crippen LogP contribution in [-0.4, -0.2) is 36.0 Å². The lowest BCUT2D eigenvalue weighted by Gasteiger charge is -2.40. The van der Waals surface area contributed by atoms with E-state index >= 15 is 0 Å². The van der Waals surface area contributed by atoms with Gasteiger partial charge in [-0.3, -0.25) is 0 Å². The minimum atomic E-state index is -0.437. The normalized spacial score (nSPS) is 31.1. The maximum Gasteiger partial charge on any atom is 0.410 e. The van der Waals surface area contributed by atoms with Crippen LogP contribution in [0.3, 0.4) is 0 Å². The Morgan fingerprint density at radius 1 is 1.32 bits per heavy atom. The molecule has 0 aromatic heterocycles. The first-order valence-electron chi connectivity index (χ1n) is 7.18. The van der Waals surface area contributed by atoms with Gasteiger partial charge in [-0.2, -0.15) is 0 Å². The van der Waals surface area contributed by atoms with Gasteiger partial charge in [0, 0.05) is 19.0 Å². The molecule has 1 saturated heterocycles. The van der Waals surface area contributed by atoms with Crippen LogP contribution in [0.5, 0.6) is 0 Å². The second-order valence-corrected chi connectivity index (χ2v) is 7.26. The summed E-state index contributed by atoms with van der Waals surface area (Å²) in [6, 6.07) is 0. The van der Waals surface area contributed by atoms with Crippen LogP contribution < -0.4 is 0 Å². The van der Waals surface area contributed by atoms with Crippen molar-refractivity contribution in [3.63, 3.8) is 0 Å². The zero-order chi connectivity index (χ0) is 14.4. The average Bonchev–Trinajstić information content (AvgIpc) is 2.86. The molecule has 19 heavy (non-hydrogen) atoms. The average molecular weight is 267 g/mol. The van der Waals surface area contributed by atoms with Crippen LogP contribution >= 0.6 is 0 Å². The summed E-state index contributed by atoms with van der Waals surface area (Å²) < 4.78 is 5.34. The molecule has 0 radical (unpaired) electrons. The predicted molar refractivity (Wildman–Crippen MR) is 72.7 cm³/mol. The fraction of sp³-hybridized carbons (Fsp3) is 0.867. The Kier molecular flexibility index (Phi) is 3.63. The van der Waals surface area contributed by atoms with E-state index < -0.39 is 5.60 Å². The van der Waals surface area contributed by atoms with Crippen LogP contribution in [0.1, 0.15) is 34.6 Å². The van der Waals surface area contributed by atoms with E-state index in [9.17, 15) is 9.59 Å². The van der Waals surface area contributed by atoms with E-state index in [2.05, 4.69) is 13.8 Å². The van der Waals surface area contributed by atoms with Crippen molar-refractivity contribution in [1.29, 1.82) is 0 Å². The number of likely N-dealkylation sites (tertiary alicyclic amines) is 1. The van der Waals surface area contributed by atoms with Gasteiger partial charge in [0.2, 0.25) is 0 Å². The van der Waals surface area contributed by atoms with Crippen molar-refractivity contribution >= 4 is 12.4 Å². The van der Waals surface area contributed by atoms with Crippen molar-refractivity contribution in [1.82, 2.24) is 4.90 Å². The smallest absolute Gasteiger partial charge is 0.410 e. The highest BCUT2D eigenvalue weighted by Crippen LogP contribution is 2.55. The molecule has 3 atom stereocenters. The molecule has 0 bridgehead atoms. The third kappa shape index (κ3) is 2.93.